The summed E-state index contributed by atoms with van der Waals surface area (Å²) >= 11 is 2.00. The SMILES string of the molecule is CCSC1CCCC1NC(=O)C(C)N1CCNCC1. The minimum atomic E-state index is 0.00924. The summed E-state index contributed by atoms with van der Waals surface area (Å²) in [6.07, 6.45) is 3.66. The van der Waals surface area contributed by atoms with E-state index in [-0.39, 0.29) is 11.9 Å². The Morgan fingerprint density at radius 3 is 2.84 bits per heavy atom. The van der Waals surface area contributed by atoms with Crippen molar-refractivity contribution >= 4 is 17.7 Å². The zero-order valence-electron chi connectivity index (χ0n) is 12.2. The lowest BCUT2D eigenvalue weighted by atomic mass is 10.2. The van der Waals surface area contributed by atoms with Crippen LogP contribution >= 0.6 is 11.8 Å². The molecule has 110 valence electrons. The van der Waals surface area contributed by atoms with E-state index in [9.17, 15) is 4.79 Å². The van der Waals surface area contributed by atoms with Crippen LogP contribution in [0.15, 0.2) is 0 Å². The molecule has 0 bridgehead atoms. The summed E-state index contributed by atoms with van der Waals surface area (Å²) in [4.78, 5) is 14.6. The van der Waals surface area contributed by atoms with E-state index >= 15 is 0 Å². The Kier molecular flexibility index (Phi) is 5.98. The fourth-order valence-electron chi connectivity index (χ4n) is 3.04. The molecular weight excluding hydrogens is 258 g/mol. The first-order valence-corrected chi connectivity index (χ1v) is 8.64. The van der Waals surface area contributed by atoms with Gasteiger partial charge < -0.3 is 10.6 Å². The monoisotopic (exact) mass is 285 g/mol. The lowest BCUT2D eigenvalue weighted by molar-refractivity contribution is -0.126. The van der Waals surface area contributed by atoms with Crippen LogP contribution in [-0.4, -0.2) is 60.1 Å². The fourth-order valence-corrected chi connectivity index (χ4v) is 4.24. The first kappa shape index (κ1) is 15.1. The van der Waals surface area contributed by atoms with E-state index in [0.717, 1.165) is 38.4 Å². The van der Waals surface area contributed by atoms with Gasteiger partial charge in [-0.3, -0.25) is 9.69 Å². The molecule has 2 rings (SSSR count). The third-order valence-corrected chi connectivity index (χ3v) is 5.57. The van der Waals surface area contributed by atoms with E-state index < -0.39 is 0 Å². The van der Waals surface area contributed by atoms with E-state index in [2.05, 4.69) is 22.5 Å². The Labute approximate surface area is 121 Å². The molecule has 1 amide bonds. The van der Waals surface area contributed by atoms with Crippen molar-refractivity contribution in [2.45, 2.75) is 50.4 Å². The summed E-state index contributed by atoms with van der Waals surface area (Å²) < 4.78 is 0. The third-order valence-electron chi connectivity index (χ3n) is 4.24. The number of nitrogens with one attached hydrogen (secondary N) is 2. The molecule has 1 aliphatic carbocycles. The maximum atomic E-state index is 12.4. The molecule has 1 saturated carbocycles. The third kappa shape index (κ3) is 4.10. The van der Waals surface area contributed by atoms with Gasteiger partial charge in [0.15, 0.2) is 0 Å². The quantitative estimate of drug-likeness (QED) is 0.793. The lowest BCUT2D eigenvalue weighted by Crippen LogP contribution is -2.54. The van der Waals surface area contributed by atoms with E-state index in [1.165, 1.54) is 12.8 Å². The largest absolute Gasteiger partial charge is 0.351 e. The van der Waals surface area contributed by atoms with E-state index in [0.29, 0.717) is 11.3 Å². The highest BCUT2D eigenvalue weighted by Crippen LogP contribution is 2.29. The Bertz CT molecular complexity index is 294. The van der Waals surface area contributed by atoms with Crippen molar-refractivity contribution in [3.05, 3.63) is 0 Å². The number of nitrogens with zero attached hydrogens (tertiary/aromatic N) is 1. The Morgan fingerprint density at radius 1 is 1.42 bits per heavy atom. The molecule has 2 aliphatic rings. The molecule has 1 heterocycles. The summed E-state index contributed by atoms with van der Waals surface area (Å²) in [5.41, 5.74) is 0. The van der Waals surface area contributed by atoms with Gasteiger partial charge in [-0.2, -0.15) is 11.8 Å². The zero-order chi connectivity index (χ0) is 13.7. The first-order chi connectivity index (χ1) is 9.22. The lowest BCUT2D eigenvalue weighted by Gasteiger charge is -2.33. The van der Waals surface area contributed by atoms with E-state index in [4.69, 9.17) is 0 Å². The summed E-state index contributed by atoms with van der Waals surface area (Å²) in [6, 6.07) is 0.401. The van der Waals surface area contributed by atoms with Gasteiger partial charge in [0.1, 0.15) is 0 Å². The maximum Gasteiger partial charge on any atom is 0.237 e. The van der Waals surface area contributed by atoms with Crippen LogP contribution in [0.1, 0.15) is 33.1 Å². The maximum absolute atomic E-state index is 12.4. The summed E-state index contributed by atoms with van der Waals surface area (Å²) in [5, 5.41) is 7.25. The summed E-state index contributed by atoms with van der Waals surface area (Å²) in [5.74, 6) is 1.36. The van der Waals surface area contributed by atoms with Gasteiger partial charge in [0, 0.05) is 37.5 Å². The van der Waals surface area contributed by atoms with Gasteiger partial charge in [0.2, 0.25) is 5.91 Å². The minimum Gasteiger partial charge on any atom is -0.351 e. The van der Waals surface area contributed by atoms with E-state index in [1.54, 1.807) is 0 Å². The number of piperazine rings is 1. The van der Waals surface area contributed by atoms with Crippen LogP contribution in [0.3, 0.4) is 0 Å². The zero-order valence-corrected chi connectivity index (χ0v) is 13.0. The van der Waals surface area contributed by atoms with Crippen LogP contribution in [0.4, 0.5) is 0 Å². The molecule has 1 aliphatic heterocycles. The van der Waals surface area contributed by atoms with Gasteiger partial charge in [-0.25, -0.2) is 0 Å². The Balaban J connectivity index is 1.82. The summed E-state index contributed by atoms with van der Waals surface area (Å²) in [7, 11) is 0. The smallest absolute Gasteiger partial charge is 0.237 e. The molecule has 2 N–H and O–H groups in total. The molecule has 4 nitrogen and oxygen atoms in total. The fraction of sp³-hybridized carbons (Fsp3) is 0.929. The Hall–Kier alpha value is -0.260. The van der Waals surface area contributed by atoms with E-state index in [1.807, 2.05) is 18.7 Å². The highest BCUT2D eigenvalue weighted by Gasteiger charge is 2.31. The van der Waals surface area contributed by atoms with Crippen LogP contribution in [0, 0.1) is 0 Å². The van der Waals surface area contributed by atoms with Crippen molar-refractivity contribution in [3.8, 4) is 0 Å². The van der Waals surface area contributed by atoms with Crippen LogP contribution in [0.5, 0.6) is 0 Å². The van der Waals surface area contributed by atoms with Gasteiger partial charge in [-0.15, -0.1) is 0 Å². The molecule has 1 saturated heterocycles. The summed E-state index contributed by atoms with van der Waals surface area (Å²) in [6.45, 7) is 8.19. The number of hydrogen-bond acceptors (Lipinski definition) is 4. The average Bonchev–Trinajstić information content (AvgIpc) is 2.86. The van der Waals surface area contributed by atoms with Gasteiger partial charge in [0.05, 0.1) is 6.04 Å². The van der Waals surface area contributed by atoms with Crippen molar-refractivity contribution in [3.63, 3.8) is 0 Å². The first-order valence-electron chi connectivity index (χ1n) is 7.59. The van der Waals surface area contributed by atoms with Crippen molar-refractivity contribution in [2.75, 3.05) is 31.9 Å². The number of amides is 1. The molecule has 0 radical (unpaired) electrons. The highest BCUT2D eigenvalue weighted by molar-refractivity contribution is 7.99. The number of hydrogen-bond donors (Lipinski definition) is 2. The second-order valence-corrected chi connectivity index (χ2v) is 7.02. The predicted octanol–water partition coefficient (Wildman–Crippen LogP) is 1.07. The van der Waals surface area contributed by atoms with Crippen LogP contribution < -0.4 is 10.6 Å². The number of thioether (sulfide) groups is 1. The van der Waals surface area contributed by atoms with Gasteiger partial charge in [0.25, 0.3) is 0 Å². The molecule has 0 aromatic rings. The van der Waals surface area contributed by atoms with Crippen LogP contribution in [0.25, 0.3) is 0 Å². The van der Waals surface area contributed by atoms with Gasteiger partial charge >= 0.3 is 0 Å². The van der Waals surface area contributed by atoms with Crippen LogP contribution in [0.2, 0.25) is 0 Å². The standard InChI is InChI=1S/C14H27N3OS/c1-3-19-13-6-4-5-12(13)16-14(18)11(2)17-9-7-15-8-10-17/h11-13,15H,3-10H2,1-2H3,(H,16,18). The normalized spacial score (nSPS) is 30.2. The Morgan fingerprint density at radius 2 is 2.16 bits per heavy atom. The molecule has 3 unspecified atom stereocenters. The second kappa shape index (κ2) is 7.50. The molecular formula is C14H27N3OS. The molecule has 0 aromatic heterocycles. The topological polar surface area (TPSA) is 44.4 Å². The molecule has 0 aromatic carbocycles. The predicted molar refractivity (Wildman–Crippen MR) is 81.6 cm³/mol. The minimum absolute atomic E-state index is 0.00924. The van der Waals surface area contributed by atoms with Crippen molar-refractivity contribution in [1.29, 1.82) is 0 Å². The molecule has 5 heteroatoms. The van der Waals surface area contributed by atoms with Gasteiger partial charge in [-0.1, -0.05) is 13.3 Å². The number of carbonyl (C=O) groups is 1. The second-order valence-electron chi connectivity index (χ2n) is 5.50. The number of rotatable bonds is 5. The van der Waals surface area contributed by atoms with Crippen molar-refractivity contribution in [2.24, 2.45) is 0 Å². The molecule has 3 atom stereocenters. The number of carbonyl (C=O) groups excluding carboxylic acids is 1. The highest BCUT2D eigenvalue weighted by atomic mass is 32.2. The molecule has 0 spiro atoms. The average molecular weight is 285 g/mol. The molecule has 19 heavy (non-hydrogen) atoms. The van der Waals surface area contributed by atoms with Crippen LogP contribution in [-0.2, 0) is 4.79 Å². The molecule has 2 fully saturated rings. The van der Waals surface area contributed by atoms with Gasteiger partial charge in [-0.05, 0) is 25.5 Å². The van der Waals surface area contributed by atoms with Crippen molar-refractivity contribution in [1.82, 2.24) is 15.5 Å². The van der Waals surface area contributed by atoms with Crippen molar-refractivity contribution < 1.29 is 4.79 Å².